The van der Waals surface area contributed by atoms with Crippen LogP contribution in [-0.4, -0.2) is 29.0 Å². The first-order valence-corrected chi connectivity index (χ1v) is 10.5. The summed E-state index contributed by atoms with van der Waals surface area (Å²) in [5.74, 6) is 0.0690. The molecule has 1 amide bonds. The summed E-state index contributed by atoms with van der Waals surface area (Å²) in [5.41, 5.74) is 0.469. The van der Waals surface area contributed by atoms with Crippen molar-refractivity contribution >= 4 is 39.2 Å². The van der Waals surface area contributed by atoms with Crippen LogP contribution in [0.1, 0.15) is 39.0 Å². The third-order valence-corrected chi connectivity index (χ3v) is 6.68. The predicted octanol–water partition coefficient (Wildman–Crippen LogP) is 4.41. The number of halogens is 1. The molecule has 0 radical (unpaired) electrons. The second kappa shape index (κ2) is 9.93. The summed E-state index contributed by atoms with van der Waals surface area (Å²) in [5, 5.41) is 3.31. The van der Waals surface area contributed by atoms with Crippen molar-refractivity contribution in [2.24, 2.45) is 0 Å². The Morgan fingerprint density at radius 1 is 1.33 bits per heavy atom. The van der Waals surface area contributed by atoms with E-state index >= 15 is 0 Å². The monoisotopic (exact) mass is 371 g/mol. The van der Waals surface area contributed by atoms with Gasteiger partial charge in [-0.3, -0.25) is 9.59 Å². The van der Waals surface area contributed by atoms with Gasteiger partial charge in [-0.25, -0.2) is 4.39 Å². The quantitative estimate of drug-likeness (QED) is 0.417. The molecule has 24 heavy (non-hydrogen) atoms. The largest absolute Gasteiger partial charge is 0.453 e. The first kappa shape index (κ1) is 19.1. The summed E-state index contributed by atoms with van der Waals surface area (Å²) < 4.78 is 18.0. The Bertz CT molecular complexity index is 547. The van der Waals surface area contributed by atoms with Crippen LogP contribution in [0.25, 0.3) is 0 Å². The highest BCUT2D eigenvalue weighted by Crippen LogP contribution is 2.39. The first-order chi connectivity index (χ1) is 11.5. The molecule has 1 aliphatic heterocycles. The average Bonchev–Trinajstić information content (AvgIpc) is 3.07. The third kappa shape index (κ3) is 6.73. The minimum atomic E-state index is -0.871. The van der Waals surface area contributed by atoms with Gasteiger partial charge in [0.2, 0.25) is 0 Å². The summed E-state index contributed by atoms with van der Waals surface area (Å²) in [7, 11) is 3.86. The highest BCUT2D eigenvalue weighted by Gasteiger charge is 2.19. The number of anilines is 1. The van der Waals surface area contributed by atoms with E-state index in [0.717, 1.165) is 19.3 Å². The molecule has 4 nitrogen and oxygen atoms in total. The molecule has 132 valence electrons. The highest BCUT2D eigenvalue weighted by molar-refractivity contribution is 8.77. The van der Waals surface area contributed by atoms with Gasteiger partial charge >= 0.3 is 5.97 Å². The molecule has 1 aromatic rings. The van der Waals surface area contributed by atoms with Gasteiger partial charge in [0, 0.05) is 23.1 Å². The Morgan fingerprint density at radius 2 is 2.08 bits per heavy atom. The molecule has 1 N–H and O–H groups in total. The molecule has 0 spiro atoms. The van der Waals surface area contributed by atoms with Gasteiger partial charge in [-0.15, -0.1) is 0 Å². The van der Waals surface area contributed by atoms with Crippen molar-refractivity contribution in [3.63, 3.8) is 0 Å². The van der Waals surface area contributed by atoms with Crippen LogP contribution in [0.4, 0.5) is 10.1 Å². The van der Waals surface area contributed by atoms with Crippen molar-refractivity contribution in [3.05, 3.63) is 30.1 Å². The number of amides is 1. The van der Waals surface area contributed by atoms with E-state index in [0.29, 0.717) is 17.4 Å². The van der Waals surface area contributed by atoms with E-state index in [4.69, 9.17) is 4.74 Å². The number of benzene rings is 1. The average molecular weight is 371 g/mol. The molecule has 1 aliphatic rings. The van der Waals surface area contributed by atoms with Crippen LogP contribution >= 0.6 is 21.6 Å². The van der Waals surface area contributed by atoms with Gasteiger partial charge in [0.15, 0.2) is 6.10 Å². The fourth-order valence-electron chi connectivity index (χ4n) is 2.29. The van der Waals surface area contributed by atoms with E-state index in [2.05, 4.69) is 5.32 Å². The molecule has 0 aromatic heterocycles. The first-order valence-electron chi connectivity index (χ1n) is 8.09. The van der Waals surface area contributed by atoms with E-state index < -0.39 is 12.0 Å². The second-order valence-electron chi connectivity index (χ2n) is 5.70. The molecule has 1 heterocycles. The zero-order valence-corrected chi connectivity index (χ0v) is 15.3. The maximum absolute atomic E-state index is 12.8. The number of hydrogen-bond donors (Lipinski definition) is 1. The molecule has 2 rings (SSSR count). The van der Waals surface area contributed by atoms with Crippen LogP contribution in [0.15, 0.2) is 24.3 Å². The fourth-order valence-corrected chi connectivity index (χ4v) is 5.32. The minimum Gasteiger partial charge on any atom is -0.453 e. The van der Waals surface area contributed by atoms with Crippen LogP contribution in [0.5, 0.6) is 0 Å². The number of esters is 1. The van der Waals surface area contributed by atoms with Crippen molar-refractivity contribution in [2.75, 3.05) is 11.1 Å². The Balaban J connectivity index is 1.62. The number of unbranched alkanes of at least 4 members (excludes halogenated alkanes) is 1. The maximum Gasteiger partial charge on any atom is 0.306 e. The third-order valence-electron chi connectivity index (χ3n) is 3.67. The number of nitrogens with one attached hydrogen (secondary N) is 1. The van der Waals surface area contributed by atoms with Gasteiger partial charge < -0.3 is 10.1 Å². The van der Waals surface area contributed by atoms with Gasteiger partial charge in [-0.1, -0.05) is 28.0 Å². The van der Waals surface area contributed by atoms with Gasteiger partial charge in [-0.2, -0.15) is 0 Å². The van der Waals surface area contributed by atoms with Crippen molar-refractivity contribution in [1.82, 2.24) is 0 Å². The van der Waals surface area contributed by atoms with Crippen LogP contribution in [-0.2, 0) is 14.3 Å². The zero-order valence-electron chi connectivity index (χ0n) is 13.6. The Hall–Kier alpha value is -1.21. The van der Waals surface area contributed by atoms with E-state index in [1.54, 1.807) is 0 Å². The van der Waals surface area contributed by atoms with E-state index in [9.17, 15) is 14.0 Å². The van der Waals surface area contributed by atoms with E-state index in [1.807, 2.05) is 21.6 Å². The lowest BCUT2D eigenvalue weighted by molar-refractivity contribution is -0.153. The van der Waals surface area contributed by atoms with E-state index in [-0.39, 0.29) is 11.8 Å². The summed E-state index contributed by atoms with van der Waals surface area (Å²) in [4.78, 5) is 23.7. The van der Waals surface area contributed by atoms with Crippen molar-refractivity contribution in [1.29, 1.82) is 0 Å². The van der Waals surface area contributed by atoms with Gasteiger partial charge in [0.05, 0.1) is 0 Å². The van der Waals surface area contributed by atoms with Gasteiger partial charge in [-0.05, 0) is 50.5 Å². The molecule has 0 bridgehead atoms. The molecule has 1 saturated heterocycles. The lowest BCUT2D eigenvalue weighted by Crippen LogP contribution is -2.29. The molecule has 0 aliphatic carbocycles. The van der Waals surface area contributed by atoms with Crippen LogP contribution < -0.4 is 5.32 Å². The molecular weight excluding hydrogens is 349 g/mol. The van der Waals surface area contributed by atoms with Crippen molar-refractivity contribution < 1.29 is 18.7 Å². The lowest BCUT2D eigenvalue weighted by atomic mass is 10.1. The lowest BCUT2D eigenvalue weighted by Gasteiger charge is -2.13. The number of rotatable bonds is 8. The standard InChI is InChI=1S/C17H22FNO3S2/c1-12(17(21)19-14-8-6-13(18)7-9-14)22-16(20)5-3-2-4-15-10-11-23-24-15/h6-9,12,15H,2-5,10-11H2,1H3,(H,19,21)/t12-,15-/m0/s1. The van der Waals surface area contributed by atoms with Gasteiger partial charge in [0.25, 0.3) is 5.91 Å². The molecule has 0 unspecified atom stereocenters. The molecular formula is C17H22FNO3S2. The molecule has 1 aromatic carbocycles. The summed E-state index contributed by atoms with van der Waals surface area (Å²) in [6.07, 6.45) is 3.63. The normalized spacial score (nSPS) is 18.2. The van der Waals surface area contributed by atoms with Crippen LogP contribution in [0.2, 0.25) is 0 Å². The van der Waals surface area contributed by atoms with Gasteiger partial charge in [0.1, 0.15) is 5.82 Å². The molecule has 1 fully saturated rings. The fraction of sp³-hybridized carbons (Fsp3) is 0.529. The smallest absolute Gasteiger partial charge is 0.306 e. The Labute approximate surface area is 149 Å². The van der Waals surface area contributed by atoms with Crippen molar-refractivity contribution in [3.8, 4) is 0 Å². The number of hydrogen-bond acceptors (Lipinski definition) is 5. The number of ether oxygens (including phenoxy) is 1. The second-order valence-corrected chi connectivity index (χ2v) is 8.49. The van der Waals surface area contributed by atoms with Crippen LogP contribution in [0, 0.1) is 5.82 Å². The summed E-state index contributed by atoms with van der Waals surface area (Å²) in [6.45, 7) is 1.53. The van der Waals surface area contributed by atoms with E-state index in [1.165, 1.54) is 43.4 Å². The predicted molar refractivity (Wildman–Crippen MR) is 97.5 cm³/mol. The number of carbonyl (C=O) groups excluding carboxylic acids is 2. The summed E-state index contributed by atoms with van der Waals surface area (Å²) >= 11 is 0. The highest BCUT2D eigenvalue weighted by atomic mass is 33.1. The SMILES string of the molecule is C[C@H](OC(=O)CCCC[C@H]1CCSS1)C(=O)Nc1ccc(F)cc1. The minimum absolute atomic E-state index is 0.332. The number of carbonyl (C=O) groups is 2. The Kier molecular flexibility index (Phi) is 7.91. The van der Waals surface area contributed by atoms with Crippen molar-refractivity contribution in [2.45, 2.75) is 50.4 Å². The molecule has 7 heteroatoms. The topological polar surface area (TPSA) is 55.4 Å². The molecule has 0 saturated carbocycles. The summed E-state index contributed by atoms with van der Waals surface area (Å²) in [6, 6.07) is 5.43. The zero-order chi connectivity index (χ0) is 17.4. The maximum atomic E-state index is 12.8. The Morgan fingerprint density at radius 3 is 2.75 bits per heavy atom. The van der Waals surface area contributed by atoms with Crippen LogP contribution in [0.3, 0.4) is 0 Å². The molecule has 2 atom stereocenters.